The minimum Gasteiger partial charge on any atom is -0.316 e. The third kappa shape index (κ3) is 2.19. The van der Waals surface area contributed by atoms with Crippen molar-refractivity contribution in [1.82, 2.24) is 10.3 Å². The van der Waals surface area contributed by atoms with Crippen molar-refractivity contribution in [2.75, 3.05) is 13.1 Å². The molecule has 2 rings (SSSR count). The first kappa shape index (κ1) is 9.80. The first-order chi connectivity index (χ1) is 6.75. The quantitative estimate of drug-likeness (QED) is 0.790. The molecule has 1 aromatic rings. The highest BCUT2D eigenvalue weighted by Crippen LogP contribution is 2.21. The fourth-order valence-corrected chi connectivity index (χ4v) is 2.84. The van der Waals surface area contributed by atoms with Gasteiger partial charge in [-0.25, -0.2) is 4.98 Å². The summed E-state index contributed by atoms with van der Waals surface area (Å²) in [7, 11) is 0. The van der Waals surface area contributed by atoms with Gasteiger partial charge in [0.1, 0.15) is 10.8 Å². The molecule has 0 amide bonds. The van der Waals surface area contributed by atoms with Crippen molar-refractivity contribution in [3.05, 3.63) is 15.6 Å². The Morgan fingerprint density at radius 3 is 3.07 bits per heavy atom. The standard InChI is InChI=1S/C10H14N2OS/c1-7(13)6-10-12-8-2-4-11-5-3-9(8)14-10/h11H,2-6H2,1H3. The molecule has 0 aromatic carbocycles. The molecule has 4 heteroatoms. The van der Waals surface area contributed by atoms with Crippen molar-refractivity contribution in [1.29, 1.82) is 0 Å². The smallest absolute Gasteiger partial charge is 0.136 e. The van der Waals surface area contributed by atoms with Crippen molar-refractivity contribution in [2.24, 2.45) is 0 Å². The van der Waals surface area contributed by atoms with Gasteiger partial charge in [-0.05, 0) is 13.3 Å². The fraction of sp³-hybridized carbons (Fsp3) is 0.600. The number of aromatic nitrogens is 1. The second-order valence-corrected chi connectivity index (χ2v) is 4.77. The largest absolute Gasteiger partial charge is 0.316 e. The number of hydrogen-bond donors (Lipinski definition) is 1. The van der Waals surface area contributed by atoms with Gasteiger partial charge in [0.2, 0.25) is 0 Å². The number of ketones is 1. The number of nitrogens with zero attached hydrogens (tertiary/aromatic N) is 1. The van der Waals surface area contributed by atoms with Crippen molar-refractivity contribution in [2.45, 2.75) is 26.2 Å². The van der Waals surface area contributed by atoms with E-state index in [1.54, 1.807) is 18.3 Å². The summed E-state index contributed by atoms with van der Waals surface area (Å²) in [6.45, 7) is 3.67. The van der Waals surface area contributed by atoms with Gasteiger partial charge in [0.15, 0.2) is 0 Å². The lowest BCUT2D eigenvalue weighted by Gasteiger charge is -1.94. The Labute approximate surface area is 87.6 Å². The van der Waals surface area contributed by atoms with E-state index in [1.165, 1.54) is 10.6 Å². The zero-order valence-electron chi connectivity index (χ0n) is 8.30. The Kier molecular flexibility index (Phi) is 2.93. The average Bonchev–Trinajstić information content (AvgIpc) is 2.34. The minimum absolute atomic E-state index is 0.201. The van der Waals surface area contributed by atoms with Gasteiger partial charge in [-0.15, -0.1) is 11.3 Å². The molecular formula is C10H14N2OS. The van der Waals surface area contributed by atoms with Crippen LogP contribution in [0.15, 0.2) is 0 Å². The highest BCUT2D eigenvalue weighted by Gasteiger charge is 2.14. The van der Waals surface area contributed by atoms with E-state index < -0.39 is 0 Å². The van der Waals surface area contributed by atoms with Gasteiger partial charge in [0.25, 0.3) is 0 Å². The summed E-state index contributed by atoms with van der Waals surface area (Å²) in [6, 6.07) is 0. The molecule has 0 saturated heterocycles. The first-order valence-electron chi connectivity index (χ1n) is 4.93. The fourth-order valence-electron chi connectivity index (χ4n) is 1.65. The van der Waals surface area contributed by atoms with Crippen molar-refractivity contribution >= 4 is 17.1 Å². The Balaban J connectivity index is 2.18. The number of nitrogens with one attached hydrogen (secondary N) is 1. The van der Waals surface area contributed by atoms with Crippen LogP contribution in [0.3, 0.4) is 0 Å². The molecule has 1 N–H and O–H groups in total. The van der Waals surface area contributed by atoms with Crippen LogP contribution in [-0.4, -0.2) is 23.9 Å². The molecule has 0 bridgehead atoms. The summed E-state index contributed by atoms with van der Waals surface area (Å²) in [5.74, 6) is 0.201. The van der Waals surface area contributed by atoms with E-state index in [0.717, 1.165) is 30.9 Å². The van der Waals surface area contributed by atoms with Gasteiger partial charge in [-0.2, -0.15) is 0 Å². The Morgan fingerprint density at radius 2 is 2.29 bits per heavy atom. The van der Waals surface area contributed by atoms with Crippen molar-refractivity contribution < 1.29 is 4.79 Å². The molecule has 1 aliphatic rings. The number of carbonyl (C=O) groups is 1. The van der Waals surface area contributed by atoms with Crippen LogP contribution in [0.25, 0.3) is 0 Å². The van der Waals surface area contributed by atoms with E-state index in [0.29, 0.717) is 6.42 Å². The number of hydrogen-bond acceptors (Lipinski definition) is 4. The third-order valence-electron chi connectivity index (χ3n) is 2.29. The second-order valence-electron chi connectivity index (χ2n) is 3.61. The van der Waals surface area contributed by atoms with Gasteiger partial charge < -0.3 is 5.32 Å². The molecular weight excluding hydrogens is 196 g/mol. The molecule has 0 saturated carbocycles. The van der Waals surface area contributed by atoms with Crippen LogP contribution in [0, 0.1) is 0 Å². The zero-order chi connectivity index (χ0) is 9.97. The highest BCUT2D eigenvalue weighted by molar-refractivity contribution is 7.11. The summed E-state index contributed by atoms with van der Waals surface area (Å²) in [5.41, 5.74) is 1.20. The van der Waals surface area contributed by atoms with Gasteiger partial charge in [0, 0.05) is 24.4 Å². The predicted octanol–water partition coefficient (Wildman–Crippen LogP) is 0.963. The molecule has 1 aliphatic heterocycles. The maximum Gasteiger partial charge on any atom is 0.136 e. The molecule has 76 valence electrons. The van der Waals surface area contributed by atoms with Crippen LogP contribution in [-0.2, 0) is 24.1 Å². The van der Waals surface area contributed by atoms with Crippen molar-refractivity contribution in [3.63, 3.8) is 0 Å². The van der Waals surface area contributed by atoms with Crippen LogP contribution in [0.1, 0.15) is 22.5 Å². The van der Waals surface area contributed by atoms with E-state index >= 15 is 0 Å². The molecule has 1 aromatic heterocycles. The Hall–Kier alpha value is -0.740. The lowest BCUT2D eigenvalue weighted by molar-refractivity contribution is -0.116. The van der Waals surface area contributed by atoms with E-state index in [1.807, 2.05) is 0 Å². The Bertz CT molecular complexity index is 322. The molecule has 0 aliphatic carbocycles. The maximum atomic E-state index is 10.9. The lowest BCUT2D eigenvalue weighted by Crippen LogP contribution is -2.16. The van der Waals surface area contributed by atoms with E-state index in [4.69, 9.17) is 0 Å². The number of thiazole rings is 1. The van der Waals surface area contributed by atoms with Crippen LogP contribution in [0.4, 0.5) is 0 Å². The van der Waals surface area contributed by atoms with Gasteiger partial charge >= 0.3 is 0 Å². The number of carbonyl (C=O) groups excluding carboxylic acids is 1. The summed E-state index contributed by atoms with van der Waals surface area (Å²) in [5, 5.41) is 4.33. The van der Waals surface area contributed by atoms with Crippen LogP contribution >= 0.6 is 11.3 Å². The first-order valence-corrected chi connectivity index (χ1v) is 5.75. The zero-order valence-corrected chi connectivity index (χ0v) is 9.12. The number of Topliss-reactive ketones (excluding diaryl/α,β-unsaturated/α-hetero) is 1. The second kappa shape index (κ2) is 4.19. The van der Waals surface area contributed by atoms with Gasteiger partial charge in [-0.1, -0.05) is 0 Å². The van der Waals surface area contributed by atoms with Crippen LogP contribution < -0.4 is 5.32 Å². The average molecular weight is 210 g/mol. The summed E-state index contributed by atoms with van der Waals surface area (Å²) >= 11 is 1.71. The molecule has 14 heavy (non-hydrogen) atoms. The van der Waals surface area contributed by atoms with Crippen molar-refractivity contribution in [3.8, 4) is 0 Å². The molecule has 3 nitrogen and oxygen atoms in total. The summed E-state index contributed by atoms with van der Waals surface area (Å²) in [4.78, 5) is 16.8. The van der Waals surface area contributed by atoms with E-state index in [9.17, 15) is 4.79 Å². The monoisotopic (exact) mass is 210 g/mol. The molecule has 0 spiro atoms. The molecule has 0 unspecified atom stereocenters. The normalized spacial score (nSPS) is 16.1. The SMILES string of the molecule is CC(=O)Cc1nc2c(s1)CCNCC2. The van der Waals surface area contributed by atoms with E-state index in [2.05, 4.69) is 10.3 Å². The number of rotatable bonds is 2. The number of fused-ring (bicyclic) bond motifs is 1. The predicted molar refractivity (Wildman–Crippen MR) is 56.8 cm³/mol. The maximum absolute atomic E-state index is 10.9. The minimum atomic E-state index is 0.201. The lowest BCUT2D eigenvalue weighted by atomic mass is 10.2. The third-order valence-corrected chi connectivity index (χ3v) is 3.45. The van der Waals surface area contributed by atoms with Crippen LogP contribution in [0.5, 0.6) is 0 Å². The summed E-state index contributed by atoms with van der Waals surface area (Å²) < 4.78 is 0. The van der Waals surface area contributed by atoms with Crippen LogP contribution in [0.2, 0.25) is 0 Å². The Morgan fingerprint density at radius 1 is 1.50 bits per heavy atom. The molecule has 0 atom stereocenters. The van der Waals surface area contributed by atoms with Gasteiger partial charge in [-0.3, -0.25) is 4.79 Å². The molecule has 0 radical (unpaired) electrons. The van der Waals surface area contributed by atoms with E-state index in [-0.39, 0.29) is 5.78 Å². The molecule has 2 heterocycles. The molecule has 0 fully saturated rings. The summed E-state index contributed by atoms with van der Waals surface area (Å²) in [6.07, 6.45) is 2.57. The highest BCUT2D eigenvalue weighted by atomic mass is 32.1. The topological polar surface area (TPSA) is 42.0 Å². The van der Waals surface area contributed by atoms with Gasteiger partial charge in [0.05, 0.1) is 12.1 Å².